The molecule has 0 fully saturated rings. The minimum Gasteiger partial charge on any atom is -0.481 e. The Labute approximate surface area is 114 Å². The number of carbonyl (C=O) groups excluding carboxylic acids is 1. The molecule has 0 rings (SSSR count). The third kappa shape index (κ3) is 10.3. The molecule has 3 N–H and O–H groups in total. The zero-order valence-corrected chi connectivity index (χ0v) is 12.1. The molecule has 6 nitrogen and oxygen atoms in total. The van der Waals surface area contributed by atoms with Crippen LogP contribution in [0.15, 0.2) is 0 Å². The van der Waals surface area contributed by atoms with Gasteiger partial charge in [0.25, 0.3) is 0 Å². The van der Waals surface area contributed by atoms with Crippen molar-refractivity contribution in [3.63, 3.8) is 0 Å². The average molecular weight is 274 g/mol. The molecule has 0 aliphatic heterocycles. The van der Waals surface area contributed by atoms with Gasteiger partial charge >= 0.3 is 12.0 Å². The molecule has 0 aromatic heterocycles. The maximum Gasteiger partial charge on any atom is 0.315 e. The van der Waals surface area contributed by atoms with Gasteiger partial charge in [-0.2, -0.15) is 0 Å². The topological polar surface area (TPSA) is 87.7 Å². The van der Waals surface area contributed by atoms with E-state index in [0.717, 1.165) is 25.7 Å². The molecular formula is C13H26N2O4. The Morgan fingerprint density at radius 2 is 2.00 bits per heavy atom. The van der Waals surface area contributed by atoms with Crippen LogP contribution in [0.5, 0.6) is 0 Å². The van der Waals surface area contributed by atoms with Crippen LogP contribution in [0.2, 0.25) is 0 Å². The Morgan fingerprint density at radius 1 is 1.32 bits per heavy atom. The Kier molecular flexibility index (Phi) is 9.88. The molecule has 0 aliphatic rings. The highest BCUT2D eigenvalue weighted by Crippen LogP contribution is 2.02. The summed E-state index contributed by atoms with van der Waals surface area (Å²) in [6, 6.07) is -0.163. The summed E-state index contributed by atoms with van der Waals surface area (Å²) in [5.74, 6) is -0.943. The smallest absolute Gasteiger partial charge is 0.315 e. The van der Waals surface area contributed by atoms with Crippen molar-refractivity contribution >= 4 is 12.0 Å². The number of ether oxygens (including phenoxy) is 1. The lowest BCUT2D eigenvalue weighted by atomic mass is 10.1. The molecule has 0 aliphatic carbocycles. The second-order valence-corrected chi connectivity index (χ2v) is 4.71. The number of carboxylic acid groups (broad SMARTS) is 1. The molecule has 0 saturated carbocycles. The number of methoxy groups -OCH3 is 1. The number of carboxylic acids is 1. The summed E-state index contributed by atoms with van der Waals surface area (Å²) in [5.41, 5.74) is 0. The fourth-order valence-electron chi connectivity index (χ4n) is 1.69. The normalized spacial score (nSPS) is 13.6. The molecule has 0 bridgehead atoms. The number of aliphatic carboxylic acids is 1. The van der Waals surface area contributed by atoms with Crippen LogP contribution in [0.1, 0.15) is 46.0 Å². The van der Waals surface area contributed by atoms with Crippen LogP contribution in [0.25, 0.3) is 0 Å². The second kappa shape index (κ2) is 10.6. The van der Waals surface area contributed by atoms with Crippen molar-refractivity contribution in [2.45, 2.75) is 58.1 Å². The fourth-order valence-corrected chi connectivity index (χ4v) is 1.69. The van der Waals surface area contributed by atoms with Gasteiger partial charge in [-0.15, -0.1) is 0 Å². The Morgan fingerprint density at radius 3 is 2.53 bits per heavy atom. The molecule has 0 radical (unpaired) electrons. The van der Waals surface area contributed by atoms with E-state index in [2.05, 4.69) is 17.6 Å². The molecular weight excluding hydrogens is 248 g/mol. The minimum atomic E-state index is -0.943. The third-order valence-electron chi connectivity index (χ3n) is 2.84. The van der Waals surface area contributed by atoms with Crippen molar-refractivity contribution < 1.29 is 19.4 Å². The Hall–Kier alpha value is -1.30. The summed E-state index contributed by atoms with van der Waals surface area (Å²) in [7, 11) is 1.43. The molecule has 0 aromatic carbocycles. The standard InChI is InChI=1S/C13H26N2O4/c1-4-5-6-7-10(2)15-13(18)14-9-11(19-3)8-12(16)17/h10-11H,4-9H2,1-3H3,(H,16,17)(H2,14,15,18). The van der Waals surface area contributed by atoms with Gasteiger partial charge in [0.2, 0.25) is 0 Å². The Balaban J connectivity index is 3.80. The lowest BCUT2D eigenvalue weighted by molar-refractivity contribution is -0.139. The van der Waals surface area contributed by atoms with Gasteiger partial charge in [-0.3, -0.25) is 4.79 Å². The van der Waals surface area contributed by atoms with Gasteiger partial charge in [-0.1, -0.05) is 26.2 Å². The van der Waals surface area contributed by atoms with E-state index in [1.54, 1.807) is 0 Å². The summed E-state index contributed by atoms with van der Waals surface area (Å²) < 4.78 is 4.97. The van der Waals surface area contributed by atoms with Gasteiger partial charge in [0.15, 0.2) is 0 Å². The van der Waals surface area contributed by atoms with E-state index >= 15 is 0 Å². The molecule has 0 aromatic rings. The zero-order valence-electron chi connectivity index (χ0n) is 12.1. The summed E-state index contributed by atoms with van der Waals surface area (Å²) in [5, 5.41) is 14.1. The number of rotatable bonds is 10. The molecule has 112 valence electrons. The van der Waals surface area contributed by atoms with Gasteiger partial charge < -0.3 is 20.5 Å². The van der Waals surface area contributed by atoms with Crippen LogP contribution in [-0.2, 0) is 9.53 Å². The molecule has 2 amide bonds. The van der Waals surface area contributed by atoms with Gasteiger partial charge in [0.1, 0.15) is 0 Å². The number of hydrogen-bond acceptors (Lipinski definition) is 3. The van der Waals surface area contributed by atoms with E-state index in [1.807, 2.05) is 6.92 Å². The first-order chi connectivity index (χ1) is 8.99. The number of amides is 2. The number of nitrogens with one attached hydrogen (secondary N) is 2. The average Bonchev–Trinajstić information content (AvgIpc) is 2.34. The fraction of sp³-hybridized carbons (Fsp3) is 0.846. The first-order valence-corrected chi connectivity index (χ1v) is 6.78. The summed E-state index contributed by atoms with van der Waals surface area (Å²) in [6.07, 6.45) is 3.74. The predicted molar refractivity (Wildman–Crippen MR) is 73.2 cm³/mol. The van der Waals surface area contributed by atoms with Crippen molar-refractivity contribution in [2.24, 2.45) is 0 Å². The summed E-state index contributed by atoms with van der Waals surface area (Å²) >= 11 is 0. The number of hydrogen-bond donors (Lipinski definition) is 3. The monoisotopic (exact) mass is 274 g/mol. The van der Waals surface area contributed by atoms with Crippen LogP contribution in [-0.4, -0.2) is 42.9 Å². The van der Waals surface area contributed by atoms with Crippen molar-refractivity contribution in [1.82, 2.24) is 10.6 Å². The van der Waals surface area contributed by atoms with Crippen molar-refractivity contribution in [3.05, 3.63) is 0 Å². The van der Waals surface area contributed by atoms with E-state index in [0.29, 0.717) is 0 Å². The van der Waals surface area contributed by atoms with E-state index in [9.17, 15) is 9.59 Å². The maximum absolute atomic E-state index is 11.6. The highest BCUT2D eigenvalue weighted by Gasteiger charge is 2.14. The summed E-state index contributed by atoms with van der Waals surface area (Å²) in [4.78, 5) is 22.1. The SMILES string of the molecule is CCCCCC(C)NC(=O)NCC(CC(=O)O)OC. The van der Waals surface area contributed by atoms with Crippen molar-refractivity contribution in [1.29, 1.82) is 0 Å². The highest BCUT2D eigenvalue weighted by atomic mass is 16.5. The van der Waals surface area contributed by atoms with E-state index < -0.39 is 12.1 Å². The lowest BCUT2D eigenvalue weighted by Gasteiger charge is -2.17. The van der Waals surface area contributed by atoms with Gasteiger partial charge in [0.05, 0.1) is 12.5 Å². The molecule has 19 heavy (non-hydrogen) atoms. The third-order valence-corrected chi connectivity index (χ3v) is 2.84. The largest absolute Gasteiger partial charge is 0.481 e. The first kappa shape index (κ1) is 17.7. The maximum atomic E-state index is 11.6. The van der Waals surface area contributed by atoms with Gasteiger partial charge in [0, 0.05) is 19.7 Å². The number of carbonyl (C=O) groups is 2. The molecule has 2 unspecified atom stereocenters. The van der Waals surface area contributed by atoms with Gasteiger partial charge in [-0.05, 0) is 13.3 Å². The summed E-state index contributed by atoms with van der Waals surface area (Å²) in [6.45, 7) is 4.29. The highest BCUT2D eigenvalue weighted by molar-refractivity contribution is 5.74. The molecule has 2 atom stereocenters. The van der Waals surface area contributed by atoms with E-state index in [1.165, 1.54) is 7.11 Å². The second-order valence-electron chi connectivity index (χ2n) is 4.71. The van der Waals surface area contributed by atoms with Crippen LogP contribution in [0, 0.1) is 0 Å². The lowest BCUT2D eigenvalue weighted by Crippen LogP contribution is -2.44. The Bertz CT molecular complexity index is 271. The molecule has 0 saturated heterocycles. The van der Waals surface area contributed by atoms with Crippen LogP contribution >= 0.6 is 0 Å². The van der Waals surface area contributed by atoms with Crippen LogP contribution in [0.3, 0.4) is 0 Å². The van der Waals surface area contributed by atoms with E-state index in [4.69, 9.17) is 9.84 Å². The first-order valence-electron chi connectivity index (χ1n) is 6.78. The van der Waals surface area contributed by atoms with Crippen LogP contribution < -0.4 is 10.6 Å². The number of unbranched alkanes of at least 4 members (excludes halogenated alkanes) is 2. The quantitative estimate of drug-likeness (QED) is 0.530. The number of urea groups is 1. The minimum absolute atomic E-state index is 0.118. The van der Waals surface area contributed by atoms with Crippen molar-refractivity contribution in [2.75, 3.05) is 13.7 Å². The predicted octanol–water partition coefficient (Wildman–Crippen LogP) is 1.74. The van der Waals surface area contributed by atoms with Gasteiger partial charge in [-0.25, -0.2) is 4.79 Å². The van der Waals surface area contributed by atoms with Crippen molar-refractivity contribution in [3.8, 4) is 0 Å². The van der Waals surface area contributed by atoms with E-state index in [-0.39, 0.29) is 25.0 Å². The molecule has 0 spiro atoms. The molecule has 0 heterocycles. The molecule has 6 heteroatoms. The zero-order chi connectivity index (χ0) is 14.7. The van der Waals surface area contributed by atoms with Crippen LogP contribution in [0.4, 0.5) is 4.79 Å².